The summed E-state index contributed by atoms with van der Waals surface area (Å²) in [7, 11) is -2.92. The fourth-order valence-electron chi connectivity index (χ4n) is 2.35. The number of nitrogen functional groups attached to an aromatic ring is 1. The molecule has 0 aliphatic carbocycles. The Kier molecular flexibility index (Phi) is 4.75. The van der Waals surface area contributed by atoms with Crippen molar-refractivity contribution in [2.75, 3.05) is 30.0 Å². The van der Waals surface area contributed by atoms with Gasteiger partial charge in [0.1, 0.15) is 5.75 Å². The van der Waals surface area contributed by atoms with Crippen molar-refractivity contribution in [3.8, 4) is 5.75 Å². The van der Waals surface area contributed by atoms with Crippen molar-refractivity contribution < 1.29 is 13.2 Å². The highest BCUT2D eigenvalue weighted by molar-refractivity contribution is 7.92. The number of anilines is 2. The van der Waals surface area contributed by atoms with Crippen LogP contribution in [0.15, 0.2) is 18.2 Å². The SMILES string of the molecule is CCCOc1cc(N)cc(NCC2CCCS2(=O)=O)c1. The molecule has 1 heterocycles. The lowest BCUT2D eigenvalue weighted by molar-refractivity contribution is 0.318. The van der Waals surface area contributed by atoms with Crippen molar-refractivity contribution >= 4 is 21.2 Å². The topological polar surface area (TPSA) is 81.4 Å². The predicted octanol–water partition coefficient (Wildman–Crippen LogP) is 2.05. The van der Waals surface area contributed by atoms with Crippen molar-refractivity contribution in [3.05, 3.63) is 18.2 Å². The van der Waals surface area contributed by atoms with Crippen LogP contribution in [0.5, 0.6) is 5.75 Å². The highest BCUT2D eigenvalue weighted by atomic mass is 32.2. The molecule has 1 aromatic carbocycles. The largest absolute Gasteiger partial charge is 0.493 e. The van der Waals surface area contributed by atoms with Gasteiger partial charge in [-0.1, -0.05) is 6.92 Å². The van der Waals surface area contributed by atoms with E-state index in [2.05, 4.69) is 5.32 Å². The molecule has 1 atom stereocenters. The van der Waals surface area contributed by atoms with E-state index in [0.29, 0.717) is 30.3 Å². The van der Waals surface area contributed by atoms with Gasteiger partial charge in [0, 0.05) is 30.1 Å². The number of sulfone groups is 1. The molecule has 0 saturated carbocycles. The number of nitrogens with two attached hydrogens (primary N) is 1. The van der Waals surface area contributed by atoms with E-state index in [1.807, 2.05) is 13.0 Å². The molecule has 1 aliphatic rings. The minimum absolute atomic E-state index is 0.288. The van der Waals surface area contributed by atoms with Gasteiger partial charge in [-0.2, -0.15) is 0 Å². The lowest BCUT2D eigenvalue weighted by Crippen LogP contribution is -2.25. The van der Waals surface area contributed by atoms with Gasteiger partial charge in [0.25, 0.3) is 0 Å². The summed E-state index contributed by atoms with van der Waals surface area (Å²) < 4.78 is 29.1. The first-order chi connectivity index (χ1) is 9.51. The second-order valence-electron chi connectivity index (χ2n) is 5.15. The molecule has 112 valence electrons. The summed E-state index contributed by atoms with van der Waals surface area (Å²) in [6.07, 6.45) is 2.42. The van der Waals surface area contributed by atoms with Crippen LogP contribution in [0.1, 0.15) is 26.2 Å². The summed E-state index contributed by atoms with van der Waals surface area (Å²) in [5, 5.41) is 2.87. The van der Waals surface area contributed by atoms with Gasteiger partial charge in [-0.05, 0) is 25.3 Å². The second-order valence-corrected chi connectivity index (χ2v) is 7.55. The monoisotopic (exact) mass is 298 g/mol. The van der Waals surface area contributed by atoms with E-state index >= 15 is 0 Å². The Morgan fingerprint density at radius 2 is 2.20 bits per heavy atom. The summed E-state index contributed by atoms with van der Waals surface area (Å²) >= 11 is 0. The Bertz CT molecular complexity index is 558. The van der Waals surface area contributed by atoms with Crippen LogP contribution in [0.25, 0.3) is 0 Å². The van der Waals surface area contributed by atoms with E-state index in [4.69, 9.17) is 10.5 Å². The van der Waals surface area contributed by atoms with Gasteiger partial charge in [-0.3, -0.25) is 0 Å². The van der Waals surface area contributed by atoms with Gasteiger partial charge in [-0.25, -0.2) is 8.42 Å². The first kappa shape index (κ1) is 15.0. The van der Waals surface area contributed by atoms with Gasteiger partial charge in [0.05, 0.1) is 17.6 Å². The summed E-state index contributed by atoms with van der Waals surface area (Å²) in [5.41, 5.74) is 7.24. The highest BCUT2D eigenvalue weighted by Gasteiger charge is 2.30. The number of hydrogen-bond donors (Lipinski definition) is 2. The second kappa shape index (κ2) is 6.35. The lowest BCUT2D eigenvalue weighted by atomic mass is 10.2. The molecule has 1 saturated heterocycles. The molecule has 1 unspecified atom stereocenters. The molecule has 20 heavy (non-hydrogen) atoms. The zero-order chi connectivity index (χ0) is 14.6. The van der Waals surface area contributed by atoms with Crippen molar-refractivity contribution in [2.45, 2.75) is 31.4 Å². The fourth-order valence-corrected chi connectivity index (χ4v) is 4.11. The van der Waals surface area contributed by atoms with E-state index in [1.54, 1.807) is 12.1 Å². The minimum atomic E-state index is -2.92. The molecule has 5 nitrogen and oxygen atoms in total. The normalized spacial score (nSPS) is 20.8. The van der Waals surface area contributed by atoms with Crippen LogP contribution in [0.3, 0.4) is 0 Å². The molecule has 2 rings (SSSR count). The summed E-state index contributed by atoms with van der Waals surface area (Å²) in [6, 6.07) is 5.42. The maximum atomic E-state index is 11.8. The molecule has 0 spiro atoms. The Hall–Kier alpha value is -1.43. The molecule has 1 fully saturated rings. The van der Waals surface area contributed by atoms with Crippen molar-refractivity contribution in [1.82, 2.24) is 0 Å². The summed E-state index contributed by atoms with van der Waals surface area (Å²) in [5.74, 6) is 1.02. The Balaban J connectivity index is 2.00. The van der Waals surface area contributed by atoms with Gasteiger partial charge in [0.15, 0.2) is 9.84 Å². The van der Waals surface area contributed by atoms with Crippen LogP contribution in [0.2, 0.25) is 0 Å². The summed E-state index contributed by atoms with van der Waals surface area (Å²) in [6.45, 7) is 3.11. The Labute approximate surface area is 120 Å². The van der Waals surface area contributed by atoms with Gasteiger partial charge >= 0.3 is 0 Å². The van der Waals surface area contributed by atoms with Crippen molar-refractivity contribution in [2.24, 2.45) is 0 Å². The third-order valence-corrected chi connectivity index (χ3v) is 5.67. The number of nitrogens with one attached hydrogen (secondary N) is 1. The third-order valence-electron chi connectivity index (χ3n) is 3.40. The van der Waals surface area contributed by atoms with E-state index in [9.17, 15) is 8.42 Å². The smallest absolute Gasteiger partial charge is 0.154 e. The Morgan fingerprint density at radius 1 is 1.40 bits per heavy atom. The van der Waals surface area contributed by atoms with Gasteiger partial charge in [-0.15, -0.1) is 0 Å². The molecular formula is C14H22N2O3S. The van der Waals surface area contributed by atoms with E-state index < -0.39 is 9.84 Å². The van der Waals surface area contributed by atoms with Crippen molar-refractivity contribution in [3.63, 3.8) is 0 Å². The fraction of sp³-hybridized carbons (Fsp3) is 0.571. The predicted molar refractivity (Wildman–Crippen MR) is 81.9 cm³/mol. The van der Waals surface area contributed by atoms with Crippen LogP contribution in [-0.4, -0.2) is 32.6 Å². The van der Waals surface area contributed by atoms with E-state index in [1.165, 1.54) is 0 Å². The van der Waals surface area contributed by atoms with Gasteiger partial charge < -0.3 is 15.8 Å². The zero-order valence-electron chi connectivity index (χ0n) is 11.8. The molecule has 1 aromatic rings. The molecule has 0 radical (unpaired) electrons. The first-order valence-electron chi connectivity index (χ1n) is 7.00. The van der Waals surface area contributed by atoms with E-state index in [-0.39, 0.29) is 5.25 Å². The average molecular weight is 298 g/mol. The van der Waals surface area contributed by atoms with Crippen LogP contribution < -0.4 is 15.8 Å². The maximum absolute atomic E-state index is 11.8. The highest BCUT2D eigenvalue weighted by Crippen LogP contribution is 2.25. The van der Waals surface area contributed by atoms with Crippen molar-refractivity contribution in [1.29, 1.82) is 0 Å². The molecule has 6 heteroatoms. The van der Waals surface area contributed by atoms with Crippen LogP contribution in [-0.2, 0) is 9.84 Å². The molecule has 0 bridgehead atoms. The standard InChI is InChI=1S/C14H22N2O3S/c1-2-5-19-13-8-11(15)7-12(9-13)16-10-14-4-3-6-20(14,17)18/h7-9,14,16H,2-6,10,15H2,1H3. The molecule has 0 amide bonds. The summed E-state index contributed by atoms with van der Waals surface area (Å²) in [4.78, 5) is 0. The number of ether oxygens (including phenoxy) is 1. The van der Waals surface area contributed by atoms with E-state index in [0.717, 1.165) is 24.9 Å². The first-order valence-corrected chi connectivity index (χ1v) is 8.71. The van der Waals surface area contributed by atoms with Gasteiger partial charge in [0.2, 0.25) is 0 Å². The number of hydrogen-bond acceptors (Lipinski definition) is 5. The lowest BCUT2D eigenvalue weighted by Gasteiger charge is -2.14. The zero-order valence-corrected chi connectivity index (χ0v) is 12.6. The van der Waals surface area contributed by atoms with Crippen LogP contribution in [0, 0.1) is 0 Å². The quantitative estimate of drug-likeness (QED) is 0.786. The molecular weight excluding hydrogens is 276 g/mol. The average Bonchev–Trinajstić information content (AvgIpc) is 2.72. The molecule has 1 aliphatic heterocycles. The number of benzene rings is 1. The van der Waals surface area contributed by atoms with Crippen LogP contribution in [0.4, 0.5) is 11.4 Å². The maximum Gasteiger partial charge on any atom is 0.154 e. The molecule has 3 N–H and O–H groups in total. The third kappa shape index (κ3) is 3.79. The Morgan fingerprint density at radius 3 is 2.85 bits per heavy atom. The minimum Gasteiger partial charge on any atom is -0.493 e. The van der Waals surface area contributed by atoms with Crippen LogP contribution >= 0.6 is 0 Å². The molecule has 0 aromatic heterocycles. The number of rotatable bonds is 6.